The van der Waals surface area contributed by atoms with Crippen LogP contribution < -0.4 is 0 Å². The van der Waals surface area contributed by atoms with Gasteiger partial charge in [-0.3, -0.25) is 4.79 Å². The zero-order chi connectivity index (χ0) is 21.2. The molecule has 0 aliphatic carbocycles. The minimum absolute atomic E-state index is 0.254. The molecule has 2 nitrogen and oxygen atoms in total. The summed E-state index contributed by atoms with van der Waals surface area (Å²) in [6.07, 6.45) is 2.21. The number of ether oxygens (including phenoxy) is 1. The predicted molar refractivity (Wildman–Crippen MR) is 107 cm³/mol. The van der Waals surface area contributed by atoms with Gasteiger partial charge >= 0.3 is 12.1 Å². The van der Waals surface area contributed by atoms with Crippen molar-refractivity contribution >= 4 is 5.97 Å². The van der Waals surface area contributed by atoms with Crippen molar-refractivity contribution in [3.63, 3.8) is 0 Å². The van der Waals surface area contributed by atoms with Gasteiger partial charge in [0.25, 0.3) is 0 Å². The second kappa shape index (κ2) is 11.9. The minimum atomic E-state index is -4.67. The van der Waals surface area contributed by atoms with E-state index in [0.717, 1.165) is 43.7 Å². The smallest absolute Gasteiger partial charge is 0.421 e. The Morgan fingerprint density at radius 1 is 1.04 bits per heavy atom. The van der Waals surface area contributed by atoms with Gasteiger partial charge in [0.1, 0.15) is 0 Å². The van der Waals surface area contributed by atoms with Gasteiger partial charge in [-0.1, -0.05) is 70.7 Å². The summed E-state index contributed by atoms with van der Waals surface area (Å²) in [7, 11) is 0. The molecule has 1 atom stereocenters. The number of alkyl halides is 3. The molecule has 0 aliphatic heterocycles. The Bertz CT molecular complexity index is 616. The summed E-state index contributed by atoms with van der Waals surface area (Å²) in [5, 5.41) is 0. The Kier molecular flexibility index (Phi) is 10.3. The van der Waals surface area contributed by atoms with Crippen LogP contribution in [0.4, 0.5) is 13.2 Å². The number of hydrogen-bond donors (Lipinski definition) is 0. The normalized spacial score (nSPS) is 13.6. The topological polar surface area (TPSA) is 26.3 Å². The summed E-state index contributed by atoms with van der Waals surface area (Å²) in [6.45, 7) is 7.88. The van der Waals surface area contributed by atoms with E-state index in [-0.39, 0.29) is 6.42 Å². The predicted octanol–water partition coefficient (Wildman–Crippen LogP) is 7.34. The summed E-state index contributed by atoms with van der Waals surface area (Å²) in [5.41, 5.74) is 1.79. The number of hydrogen-bond acceptors (Lipinski definition) is 2. The molecule has 0 bridgehead atoms. The van der Waals surface area contributed by atoms with Crippen LogP contribution in [0.3, 0.4) is 0 Å². The van der Waals surface area contributed by atoms with Crippen molar-refractivity contribution < 1.29 is 22.7 Å². The van der Waals surface area contributed by atoms with Crippen LogP contribution in [0.15, 0.2) is 36.1 Å². The molecular formula is C23H33F3O2. The standard InChI is InChI=1S/C23H33F3O2/c1-5-6-7-8-9-10-11-21(23(24,25)26)28-22(27)18(4)20-14-12-19(13-15-20)16-17(2)3/h11-15,17-18H,5-10,16H2,1-4H3/b21-11+. The third-order valence-electron chi connectivity index (χ3n) is 4.60. The molecule has 0 amide bonds. The molecule has 0 N–H and O–H groups in total. The fourth-order valence-corrected chi connectivity index (χ4v) is 2.94. The summed E-state index contributed by atoms with van der Waals surface area (Å²) >= 11 is 0. The zero-order valence-corrected chi connectivity index (χ0v) is 17.4. The number of esters is 1. The summed E-state index contributed by atoms with van der Waals surface area (Å²) < 4.78 is 44.4. The van der Waals surface area contributed by atoms with E-state index in [1.807, 2.05) is 12.1 Å². The quantitative estimate of drug-likeness (QED) is 0.221. The highest BCUT2D eigenvalue weighted by Crippen LogP contribution is 2.29. The van der Waals surface area contributed by atoms with Gasteiger partial charge < -0.3 is 4.74 Å². The molecule has 158 valence electrons. The van der Waals surface area contributed by atoms with Crippen LogP contribution >= 0.6 is 0 Å². The molecule has 1 rings (SSSR count). The molecule has 5 heteroatoms. The van der Waals surface area contributed by atoms with Crippen LogP contribution in [0.1, 0.15) is 83.3 Å². The van der Waals surface area contributed by atoms with Gasteiger partial charge in [0, 0.05) is 0 Å². The number of benzene rings is 1. The molecular weight excluding hydrogens is 365 g/mol. The van der Waals surface area contributed by atoms with Crippen molar-refractivity contribution in [3.8, 4) is 0 Å². The Labute approximate surface area is 167 Å². The highest BCUT2D eigenvalue weighted by Gasteiger charge is 2.38. The fraction of sp³-hybridized carbons (Fsp3) is 0.609. The fourth-order valence-electron chi connectivity index (χ4n) is 2.94. The SMILES string of the molecule is CCCCCCC/C=C(/OC(=O)C(C)c1ccc(CC(C)C)cc1)C(F)(F)F. The monoisotopic (exact) mass is 398 g/mol. The second-order valence-electron chi connectivity index (χ2n) is 7.75. The summed E-state index contributed by atoms with van der Waals surface area (Å²) in [4.78, 5) is 12.3. The number of rotatable bonds is 11. The largest absolute Gasteiger partial charge is 0.449 e. The van der Waals surface area contributed by atoms with Crippen molar-refractivity contribution in [2.45, 2.75) is 84.7 Å². The molecule has 0 radical (unpaired) electrons. The van der Waals surface area contributed by atoms with Gasteiger partial charge in [-0.15, -0.1) is 0 Å². The maximum absolute atomic E-state index is 13.2. The Morgan fingerprint density at radius 2 is 1.64 bits per heavy atom. The van der Waals surface area contributed by atoms with Crippen LogP contribution in [-0.2, 0) is 16.0 Å². The van der Waals surface area contributed by atoms with Gasteiger partial charge in [0.15, 0.2) is 0 Å². The molecule has 0 aromatic heterocycles. The molecule has 0 saturated carbocycles. The van der Waals surface area contributed by atoms with Gasteiger partial charge in [0.05, 0.1) is 5.92 Å². The van der Waals surface area contributed by atoms with E-state index in [2.05, 4.69) is 20.8 Å². The first-order valence-electron chi connectivity index (χ1n) is 10.2. The lowest BCUT2D eigenvalue weighted by molar-refractivity contribution is -0.161. The van der Waals surface area contributed by atoms with Crippen molar-refractivity contribution in [1.82, 2.24) is 0 Å². The van der Waals surface area contributed by atoms with Crippen LogP contribution in [0.2, 0.25) is 0 Å². The van der Waals surface area contributed by atoms with Crippen molar-refractivity contribution in [3.05, 3.63) is 47.2 Å². The first-order valence-corrected chi connectivity index (χ1v) is 10.2. The molecule has 0 spiro atoms. The zero-order valence-electron chi connectivity index (χ0n) is 17.4. The Hall–Kier alpha value is -1.78. The maximum Gasteiger partial charge on any atom is 0.449 e. The van der Waals surface area contributed by atoms with Crippen LogP contribution in [0.5, 0.6) is 0 Å². The second-order valence-corrected chi connectivity index (χ2v) is 7.75. The van der Waals surface area contributed by atoms with Gasteiger partial charge in [0.2, 0.25) is 5.76 Å². The van der Waals surface area contributed by atoms with E-state index in [4.69, 9.17) is 4.74 Å². The van der Waals surface area contributed by atoms with Crippen molar-refractivity contribution in [1.29, 1.82) is 0 Å². The van der Waals surface area contributed by atoms with Gasteiger partial charge in [-0.2, -0.15) is 13.2 Å². The lowest BCUT2D eigenvalue weighted by Crippen LogP contribution is -2.21. The van der Waals surface area contributed by atoms with Crippen LogP contribution in [-0.4, -0.2) is 12.1 Å². The van der Waals surface area contributed by atoms with Crippen molar-refractivity contribution in [2.75, 3.05) is 0 Å². The third kappa shape index (κ3) is 8.94. The lowest BCUT2D eigenvalue weighted by atomic mass is 9.97. The molecule has 1 aromatic carbocycles. The third-order valence-corrected chi connectivity index (χ3v) is 4.60. The Balaban J connectivity index is 2.70. The first kappa shape index (κ1) is 24.3. The molecule has 0 saturated heterocycles. The van der Waals surface area contributed by atoms with E-state index in [1.165, 1.54) is 0 Å². The van der Waals surface area contributed by atoms with Crippen LogP contribution in [0, 0.1) is 5.92 Å². The molecule has 1 unspecified atom stereocenters. The molecule has 28 heavy (non-hydrogen) atoms. The van der Waals surface area contributed by atoms with Crippen LogP contribution in [0.25, 0.3) is 0 Å². The summed E-state index contributed by atoms with van der Waals surface area (Å²) in [5.74, 6) is -2.33. The number of halogens is 3. The molecule has 0 fully saturated rings. The maximum atomic E-state index is 13.2. The highest BCUT2D eigenvalue weighted by atomic mass is 19.4. The average molecular weight is 399 g/mol. The number of allylic oxidation sites excluding steroid dienone is 2. The van der Waals surface area contributed by atoms with Crippen molar-refractivity contribution in [2.24, 2.45) is 5.92 Å². The lowest BCUT2D eigenvalue weighted by Gasteiger charge is -2.16. The molecule has 0 aliphatic rings. The molecule has 0 heterocycles. The van der Waals surface area contributed by atoms with Gasteiger partial charge in [-0.25, -0.2) is 0 Å². The van der Waals surface area contributed by atoms with E-state index < -0.39 is 23.8 Å². The minimum Gasteiger partial charge on any atom is -0.421 e. The molecule has 1 aromatic rings. The van der Waals surface area contributed by atoms with Gasteiger partial charge in [-0.05, 0) is 49.3 Å². The average Bonchev–Trinajstić information content (AvgIpc) is 2.62. The van der Waals surface area contributed by atoms with E-state index in [9.17, 15) is 18.0 Å². The number of carbonyl (C=O) groups is 1. The van der Waals surface area contributed by atoms with E-state index >= 15 is 0 Å². The number of unbranched alkanes of at least 4 members (excludes halogenated alkanes) is 5. The Morgan fingerprint density at radius 3 is 2.18 bits per heavy atom. The highest BCUT2D eigenvalue weighted by molar-refractivity contribution is 5.78. The van der Waals surface area contributed by atoms with E-state index in [1.54, 1.807) is 19.1 Å². The summed E-state index contributed by atoms with van der Waals surface area (Å²) in [6, 6.07) is 7.40. The first-order chi connectivity index (χ1) is 13.1. The van der Waals surface area contributed by atoms with E-state index in [0.29, 0.717) is 17.9 Å². The number of carbonyl (C=O) groups excluding carboxylic acids is 1.